The van der Waals surface area contributed by atoms with Gasteiger partial charge in [0.15, 0.2) is 0 Å². The highest BCUT2D eigenvalue weighted by atomic mass is 16.6. The van der Waals surface area contributed by atoms with Crippen molar-refractivity contribution in [3.63, 3.8) is 0 Å². The Hall–Kier alpha value is -4.41. The fraction of sp³-hybridized carbons (Fsp3) is 0.667. The van der Waals surface area contributed by atoms with Gasteiger partial charge in [-0.3, -0.25) is 30.8 Å². The normalized spacial score (nSPS) is 11.7. The summed E-state index contributed by atoms with van der Waals surface area (Å²) in [7, 11) is 0. The van der Waals surface area contributed by atoms with Crippen molar-refractivity contribution in [1.82, 2.24) is 10.6 Å². The average molecular weight is 841 g/mol. The number of amides is 3. The van der Waals surface area contributed by atoms with Gasteiger partial charge < -0.3 is 63.6 Å². The van der Waals surface area contributed by atoms with Crippen LogP contribution in [0.3, 0.4) is 0 Å². The lowest BCUT2D eigenvalue weighted by molar-refractivity contribution is -0.459. The van der Waals surface area contributed by atoms with Crippen molar-refractivity contribution in [2.75, 3.05) is 137 Å². The molecule has 2 aromatic rings. The molecule has 0 aliphatic heterocycles. The SMILES string of the molecule is CCN(CC)c1ccc2cc(C(=O)NCCOCCOCCOCCOCCOCCOCCOCCOCCC(=O)NC(CCC[NH+]=C(N)N)C(N)=O)c(=O)oc2c1. The van der Waals surface area contributed by atoms with Crippen molar-refractivity contribution < 1.29 is 61.7 Å². The van der Waals surface area contributed by atoms with E-state index >= 15 is 0 Å². The molecule has 1 aromatic carbocycles. The second kappa shape index (κ2) is 32.4. The smallest absolute Gasteiger partial charge is 0.349 e. The van der Waals surface area contributed by atoms with E-state index in [0.29, 0.717) is 123 Å². The van der Waals surface area contributed by atoms with Gasteiger partial charge in [-0.1, -0.05) is 0 Å². The first-order valence-electron chi connectivity index (χ1n) is 20.1. The van der Waals surface area contributed by atoms with Gasteiger partial charge in [0.25, 0.3) is 5.91 Å². The molecule has 9 N–H and O–H groups in total. The molecule has 1 atom stereocenters. The summed E-state index contributed by atoms with van der Waals surface area (Å²) in [6, 6.07) is 6.38. The quantitative estimate of drug-likeness (QED) is 0.0186. The van der Waals surface area contributed by atoms with E-state index in [2.05, 4.69) is 34.4 Å². The maximum absolute atomic E-state index is 12.6. The number of hydrogen-bond donors (Lipinski definition) is 6. The zero-order chi connectivity index (χ0) is 42.9. The second-order valence-electron chi connectivity index (χ2n) is 12.8. The average Bonchev–Trinajstić information content (AvgIpc) is 3.21. The monoisotopic (exact) mass is 840 g/mol. The van der Waals surface area contributed by atoms with Gasteiger partial charge >= 0.3 is 11.6 Å². The predicted octanol–water partition coefficient (Wildman–Crippen LogP) is -2.00. The number of carbonyl (C=O) groups is 3. The highest BCUT2D eigenvalue weighted by Crippen LogP contribution is 2.22. The number of guanidine groups is 1. The first kappa shape index (κ1) is 50.7. The van der Waals surface area contributed by atoms with Crippen LogP contribution in [0.15, 0.2) is 33.5 Å². The van der Waals surface area contributed by atoms with Crippen LogP contribution in [0, 0.1) is 0 Å². The van der Waals surface area contributed by atoms with Gasteiger partial charge in [-0.15, -0.1) is 0 Å². The Morgan fingerprint density at radius 3 is 1.68 bits per heavy atom. The Morgan fingerprint density at radius 2 is 1.20 bits per heavy atom. The predicted molar refractivity (Wildman–Crippen MR) is 219 cm³/mol. The molecule has 2 rings (SSSR count). The highest BCUT2D eigenvalue weighted by molar-refractivity contribution is 5.97. The number of carbonyl (C=O) groups excluding carboxylic acids is 3. The molecular formula is C39H66N7O13+. The third kappa shape index (κ3) is 23.7. The number of hydrogen-bond acceptors (Lipinski definition) is 14. The van der Waals surface area contributed by atoms with Crippen molar-refractivity contribution in [2.45, 2.75) is 39.2 Å². The molecule has 20 nitrogen and oxygen atoms in total. The lowest BCUT2D eigenvalue weighted by atomic mass is 10.1. The van der Waals surface area contributed by atoms with E-state index in [-0.39, 0.29) is 43.6 Å². The Bertz CT molecular complexity index is 1550. The second-order valence-corrected chi connectivity index (χ2v) is 12.8. The summed E-state index contributed by atoms with van der Waals surface area (Å²) >= 11 is 0. The maximum Gasteiger partial charge on any atom is 0.349 e. The largest absolute Gasteiger partial charge is 0.422 e. The Balaban J connectivity index is 1.30. The Kier molecular flexibility index (Phi) is 27.9. The fourth-order valence-electron chi connectivity index (χ4n) is 5.27. The molecule has 1 heterocycles. The van der Waals surface area contributed by atoms with Gasteiger partial charge in [-0.05, 0) is 44.9 Å². The standard InChI is InChI=1S/C39H65N7O13/c1-3-46(4-2)31-8-7-30-28-32(38(50)59-34(30)29-31)37(49)43-11-13-52-15-17-54-19-21-56-23-25-58-27-26-57-24-22-55-20-18-53-16-14-51-12-9-35(47)45-33(36(40)48)6-5-10-44-39(41)42/h7-8,28-29,33H,3-6,9-27H2,1-2H3,(H2,40,48)(H,43,49)(H,45,47)(H4,41,42,44)/p+1. The molecule has 1 aromatic heterocycles. The number of nitrogens with zero attached hydrogens (tertiary/aromatic N) is 1. The van der Waals surface area contributed by atoms with Crippen LogP contribution in [0.25, 0.3) is 11.0 Å². The molecular weight excluding hydrogens is 774 g/mol. The van der Waals surface area contributed by atoms with E-state index < -0.39 is 23.5 Å². The summed E-state index contributed by atoms with van der Waals surface area (Å²) < 4.78 is 49.2. The van der Waals surface area contributed by atoms with Gasteiger partial charge in [-0.2, -0.15) is 0 Å². The molecule has 20 heteroatoms. The van der Waals surface area contributed by atoms with Gasteiger partial charge in [0.1, 0.15) is 17.2 Å². The Labute approximate surface area is 345 Å². The molecule has 3 amide bonds. The number of benzene rings is 1. The summed E-state index contributed by atoms with van der Waals surface area (Å²) in [5.74, 6) is -1.37. The van der Waals surface area contributed by atoms with E-state index in [0.717, 1.165) is 18.8 Å². The van der Waals surface area contributed by atoms with Crippen molar-refractivity contribution in [1.29, 1.82) is 0 Å². The molecule has 0 saturated heterocycles. The zero-order valence-electron chi connectivity index (χ0n) is 34.6. The number of ether oxygens (including phenoxy) is 8. The van der Waals surface area contributed by atoms with Crippen LogP contribution < -0.4 is 43.4 Å². The minimum absolute atomic E-state index is 0.0499. The molecule has 334 valence electrons. The molecule has 0 fully saturated rings. The summed E-state index contributed by atoms with van der Waals surface area (Å²) in [5, 5.41) is 5.97. The van der Waals surface area contributed by atoms with Crippen molar-refractivity contribution in [3.05, 3.63) is 40.2 Å². The summed E-state index contributed by atoms with van der Waals surface area (Å²) in [5.41, 5.74) is 16.7. The minimum atomic E-state index is -0.775. The molecule has 1 unspecified atom stereocenters. The van der Waals surface area contributed by atoms with Crippen LogP contribution in [0.4, 0.5) is 5.69 Å². The van der Waals surface area contributed by atoms with Gasteiger partial charge in [0, 0.05) is 43.2 Å². The summed E-state index contributed by atoms with van der Waals surface area (Å²) in [6.45, 7) is 12.5. The lowest BCUT2D eigenvalue weighted by Crippen LogP contribution is -2.78. The van der Waals surface area contributed by atoms with E-state index in [1.807, 2.05) is 18.2 Å². The molecule has 0 spiro atoms. The lowest BCUT2D eigenvalue weighted by Gasteiger charge is -2.21. The topological polar surface area (TPSA) is 275 Å². The van der Waals surface area contributed by atoms with Crippen molar-refractivity contribution in [3.8, 4) is 0 Å². The van der Waals surface area contributed by atoms with E-state index in [4.69, 9.17) is 59.5 Å². The Morgan fingerprint density at radius 1 is 0.712 bits per heavy atom. The number of nitrogens with one attached hydrogen (secondary N) is 3. The first-order chi connectivity index (χ1) is 28.7. The number of rotatable bonds is 37. The van der Waals surface area contributed by atoms with Gasteiger partial charge in [0.2, 0.25) is 11.8 Å². The molecule has 0 saturated carbocycles. The van der Waals surface area contributed by atoms with Crippen LogP contribution in [-0.2, 0) is 47.5 Å². The number of anilines is 1. The number of nitrogens with two attached hydrogens (primary N) is 3. The summed E-state index contributed by atoms with van der Waals surface area (Å²) in [6.07, 6.45) is 1.00. The number of fused-ring (bicyclic) bond motifs is 1. The van der Waals surface area contributed by atoms with E-state index in [9.17, 15) is 19.2 Å². The minimum Gasteiger partial charge on any atom is -0.422 e. The third-order valence-corrected chi connectivity index (χ3v) is 8.38. The van der Waals surface area contributed by atoms with Crippen LogP contribution in [0.1, 0.15) is 43.5 Å². The molecule has 0 radical (unpaired) electrons. The van der Waals surface area contributed by atoms with Gasteiger partial charge in [-0.25, -0.2) is 4.79 Å². The number of primary amides is 1. The first-order valence-corrected chi connectivity index (χ1v) is 20.1. The van der Waals surface area contributed by atoms with Crippen LogP contribution >= 0.6 is 0 Å². The van der Waals surface area contributed by atoms with Crippen molar-refractivity contribution >= 4 is 40.3 Å². The van der Waals surface area contributed by atoms with Crippen LogP contribution in [0.5, 0.6) is 0 Å². The van der Waals surface area contributed by atoms with Gasteiger partial charge in [0.05, 0.1) is 112 Å². The van der Waals surface area contributed by atoms with Crippen LogP contribution in [-0.4, -0.2) is 162 Å². The summed E-state index contributed by atoms with van der Waals surface area (Å²) in [4.78, 5) is 53.5. The third-order valence-electron chi connectivity index (χ3n) is 8.38. The van der Waals surface area contributed by atoms with E-state index in [1.165, 1.54) is 0 Å². The molecule has 0 bridgehead atoms. The molecule has 0 aliphatic rings. The molecule has 59 heavy (non-hydrogen) atoms. The zero-order valence-corrected chi connectivity index (χ0v) is 34.6. The molecule has 0 aliphatic carbocycles. The van der Waals surface area contributed by atoms with E-state index in [1.54, 1.807) is 6.07 Å². The maximum atomic E-state index is 12.6. The van der Waals surface area contributed by atoms with Crippen LogP contribution in [0.2, 0.25) is 0 Å². The highest BCUT2D eigenvalue weighted by Gasteiger charge is 2.18. The van der Waals surface area contributed by atoms with Crippen molar-refractivity contribution in [2.24, 2.45) is 17.2 Å². The fourth-order valence-corrected chi connectivity index (χ4v) is 5.27.